The van der Waals surface area contributed by atoms with E-state index >= 15 is 0 Å². The molecular weight excluding hydrogens is 274 g/mol. The molecule has 0 bridgehead atoms. The lowest BCUT2D eigenvalue weighted by molar-refractivity contribution is -0.163. The quantitative estimate of drug-likeness (QED) is 0.416. The van der Waals surface area contributed by atoms with Crippen LogP contribution in [0.2, 0.25) is 0 Å². The zero-order valence-electron chi connectivity index (χ0n) is 13.4. The minimum atomic E-state index is -0.982. The number of hydrogen-bond donors (Lipinski definition) is 1. The molecule has 0 spiro atoms. The number of likely N-dealkylation sites (N-methyl/N-ethyl adjacent to an activating group) is 1. The molecule has 0 aliphatic heterocycles. The topological polar surface area (TPSA) is 76.1 Å². The van der Waals surface area contributed by atoms with Gasteiger partial charge in [-0.3, -0.25) is 0 Å². The smallest absolute Gasteiger partial charge is 0.335 e. The highest BCUT2D eigenvalue weighted by molar-refractivity contribution is 5.86. The Bertz CT molecular complexity index is 339. The van der Waals surface area contributed by atoms with Gasteiger partial charge < -0.3 is 19.5 Å². The third kappa shape index (κ3) is 16.3. The number of ether oxygens (including phenoxy) is 2. The summed E-state index contributed by atoms with van der Waals surface area (Å²) in [5.41, 5.74) is 0.306. The summed E-state index contributed by atoms with van der Waals surface area (Å²) in [4.78, 5) is 23.1. The van der Waals surface area contributed by atoms with Gasteiger partial charge in [-0.2, -0.15) is 0 Å². The van der Waals surface area contributed by atoms with Crippen molar-refractivity contribution in [1.82, 2.24) is 4.90 Å². The summed E-state index contributed by atoms with van der Waals surface area (Å²) in [6.07, 6.45) is 1.43. The van der Waals surface area contributed by atoms with E-state index in [1.807, 2.05) is 25.9 Å². The molecule has 0 radical (unpaired) electrons. The molecule has 6 heteroatoms. The number of carbonyl (C=O) groups excluding carboxylic acids is 2. The molecule has 0 amide bonds. The van der Waals surface area contributed by atoms with Crippen molar-refractivity contribution < 1.29 is 24.2 Å². The summed E-state index contributed by atoms with van der Waals surface area (Å²) in [5.74, 6) is -0.896. The predicted molar refractivity (Wildman–Crippen MR) is 81.5 cm³/mol. The monoisotopic (exact) mass is 301 g/mol. The van der Waals surface area contributed by atoms with Crippen molar-refractivity contribution in [2.24, 2.45) is 0 Å². The van der Waals surface area contributed by atoms with Crippen LogP contribution in [0.3, 0.4) is 0 Å². The summed E-state index contributed by atoms with van der Waals surface area (Å²) >= 11 is 0. The van der Waals surface area contributed by atoms with Gasteiger partial charge in [0.05, 0.1) is 0 Å². The van der Waals surface area contributed by atoms with Crippen LogP contribution in [0.4, 0.5) is 0 Å². The molecule has 1 N–H and O–H groups in total. The minimum absolute atomic E-state index is 0.306. The lowest BCUT2D eigenvalue weighted by atomic mass is 10.3. The fourth-order valence-corrected chi connectivity index (χ4v) is 0.918. The first kappa shape index (κ1) is 21.6. The van der Waals surface area contributed by atoms with Gasteiger partial charge in [0.2, 0.25) is 6.29 Å². The largest absolute Gasteiger partial charge is 0.461 e. The molecule has 1 atom stereocenters. The number of carbonyl (C=O) groups is 2. The fourth-order valence-electron chi connectivity index (χ4n) is 0.918. The second-order valence-corrected chi connectivity index (χ2v) is 4.60. The summed E-state index contributed by atoms with van der Waals surface area (Å²) in [6.45, 7) is 11.3. The summed E-state index contributed by atoms with van der Waals surface area (Å²) in [5, 5.41) is 8.98. The van der Waals surface area contributed by atoms with Gasteiger partial charge in [-0.15, -0.1) is 0 Å². The van der Waals surface area contributed by atoms with Crippen molar-refractivity contribution >= 4 is 11.9 Å². The summed E-state index contributed by atoms with van der Waals surface area (Å²) < 4.78 is 9.27. The SMILES string of the molecule is C=C(C)C(=O)OC(O)CCC.C=CC(=O)OCCN(C)C. The molecule has 0 aliphatic rings. The molecule has 0 fully saturated rings. The number of aliphatic hydroxyl groups is 1. The molecule has 0 aromatic rings. The van der Waals surface area contributed by atoms with Crippen LogP contribution in [-0.4, -0.2) is 55.5 Å². The van der Waals surface area contributed by atoms with Crippen LogP contribution in [0.1, 0.15) is 26.7 Å². The molecule has 6 nitrogen and oxygen atoms in total. The molecule has 122 valence electrons. The average Bonchev–Trinajstić information content (AvgIpc) is 2.38. The number of hydrogen-bond acceptors (Lipinski definition) is 6. The van der Waals surface area contributed by atoms with E-state index < -0.39 is 12.3 Å². The van der Waals surface area contributed by atoms with Crippen LogP contribution in [0, 0.1) is 0 Å². The molecule has 0 aromatic heterocycles. The van der Waals surface area contributed by atoms with Gasteiger partial charge in [0, 0.05) is 24.6 Å². The third-order valence-electron chi connectivity index (χ3n) is 2.08. The second-order valence-electron chi connectivity index (χ2n) is 4.60. The van der Waals surface area contributed by atoms with Crippen molar-refractivity contribution in [2.45, 2.75) is 33.0 Å². The van der Waals surface area contributed by atoms with Crippen LogP contribution >= 0.6 is 0 Å². The Morgan fingerprint density at radius 1 is 1.38 bits per heavy atom. The van der Waals surface area contributed by atoms with Crippen molar-refractivity contribution in [1.29, 1.82) is 0 Å². The molecule has 0 saturated heterocycles. The number of aliphatic hydroxyl groups excluding tert-OH is 1. The van der Waals surface area contributed by atoms with E-state index in [0.29, 0.717) is 18.6 Å². The highest BCUT2D eigenvalue weighted by Gasteiger charge is 2.09. The van der Waals surface area contributed by atoms with Crippen LogP contribution < -0.4 is 0 Å². The number of rotatable bonds is 8. The maximum Gasteiger partial charge on any atom is 0.335 e. The standard InChI is InChI=1S/C8H14O3.C7H13NO2/c1-4-5-7(9)11-8(10)6(2)3;1-4-7(9)10-6-5-8(2)3/h7,9H,2,4-5H2,1,3H3;4H,1,5-6H2,2-3H3. The maximum atomic E-state index is 10.7. The molecule has 21 heavy (non-hydrogen) atoms. The fraction of sp³-hybridized carbons (Fsp3) is 0.600. The van der Waals surface area contributed by atoms with E-state index in [9.17, 15) is 9.59 Å². The highest BCUT2D eigenvalue weighted by Crippen LogP contribution is 2.01. The Labute approximate surface area is 127 Å². The Morgan fingerprint density at radius 2 is 1.95 bits per heavy atom. The Balaban J connectivity index is 0. The van der Waals surface area contributed by atoms with Crippen molar-refractivity contribution in [3.63, 3.8) is 0 Å². The molecular formula is C15H27NO5. The zero-order valence-corrected chi connectivity index (χ0v) is 13.4. The molecule has 1 unspecified atom stereocenters. The number of nitrogens with zero attached hydrogens (tertiary/aromatic N) is 1. The van der Waals surface area contributed by atoms with E-state index in [4.69, 9.17) is 9.84 Å². The first-order valence-corrected chi connectivity index (χ1v) is 6.73. The van der Waals surface area contributed by atoms with Crippen molar-refractivity contribution in [3.05, 3.63) is 24.8 Å². The molecule has 0 heterocycles. The van der Waals surface area contributed by atoms with E-state index in [2.05, 4.69) is 17.9 Å². The van der Waals surface area contributed by atoms with Crippen LogP contribution in [-0.2, 0) is 19.1 Å². The van der Waals surface area contributed by atoms with E-state index in [1.165, 1.54) is 0 Å². The van der Waals surface area contributed by atoms with Crippen molar-refractivity contribution in [3.8, 4) is 0 Å². The first-order chi connectivity index (χ1) is 9.74. The lowest BCUT2D eigenvalue weighted by Gasteiger charge is -2.09. The van der Waals surface area contributed by atoms with Gasteiger partial charge >= 0.3 is 11.9 Å². The van der Waals surface area contributed by atoms with Gasteiger partial charge in [-0.1, -0.05) is 26.5 Å². The van der Waals surface area contributed by atoms with E-state index in [1.54, 1.807) is 6.92 Å². The van der Waals surface area contributed by atoms with E-state index in [0.717, 1.165) is 19.0 Å². The third-order valence-corrected chi connectivity index (χ3v) is 2.08. The van der Waals surface area contributed by atoms with Gasteiger partial charge in [0.25, 0.3) is 0 Å². The normalized spacial score (nSPS) is 11.0. The molecule has 0 saturated carbocycles. The highest BCUT2D eigenvalue weighted by atomic mass is 16.6. The van der Waals surface area contributed by atoms with Crippen LogP contribution in [0.5, 0.6) is 0 Å². The average molecular weight is 301 g/mol. The second kappa shape index (κ2) is 13.3. The van der Waals surface area contributed by atoms with E-state index in [-0.39, 0.29) is 5.97 Å². The zero-order chi connectivity index (χ0) is 16.8. The molecule has 0 rings (SSSR count). The van der Waals surface area contributed by atoms with Gasteiger partial charge in [0.1, 0.15) is 6.61 Å². The Kier molecular flexibility index (Phi) is 13.7. The van der Waals surface area contributed by atoms with Crippen LogP contribution in [0.25, 0.3) is 0 Å². The van der Waals surface area contributed by atoms with Gasteiger partial charge in [0.15, 0.2) is 0 Å². The summed E-state index contributed by atoms with van der Waals surface area (Å²) in [7, 11) is 3.84. The van der Waals surface area contributed by atoms with Gasteiger partial charge in [-0.05, 0) is 21.0 Å². The Morgan fingerprint density at radius 3 is 2.33 bits per heavy atom. The van der Waals surface area contributed by atoms with Gasteiger partial charge in [-0.25, -0.2) is 9.59 Å². The molecule has 0 aliphatic carbocycles. The Hall–Kier alpha value is -1.66. The van der Waals surface area contributed by atoms with Crippen LogP contribution in [0.15, 0.2) is 24.8 Å². The molecule has 0 aromatic carbocycles. The number of esters is 2. The van der Waals surface area contributed by atoms with Crippen molar-refractivity contribution in [2.75, 3.05) is 27.2 Å². The summed E-state index contributed by atoms with van der Waals surface area (Å²) in [6, 6.07) is 0. The maximum absolute atomic E-state index is 10.7. The lowest BCUT2D eigenvalue weighted by Crippen LogP contribution is -2.19. The predicted octanol–water partition coefficient (Wildman–Crippen LogP) is 1.50. The minimum Gasteiger partial charge on any atom is -0.461 e. The first-order valence-electron chi connectivity index (χ1n) is 6.73.